The van der Waals surface area contributed by atoms with Crippen LogP contribution in [0.2, 0.25) is 0 Å². The fourth-order valence-electron chi connectivity index (χ4n) is 2.54. The molecule has 94 valence electrons. The summed E-state index contributed by atoms with van der Waals surface area (Å²) in [6, 6.07) is 4.02. The highest BCUT2D eigenvalue weighted by molar-refractivity contribution is 5.50. The summed E-state index contributed by atoms with van der Waals surface area (Å²) in [5.74, 6) is 1.99. The third-order valence-corrected chi connectivity index (χ3v) is 3.86. The molecule has 1 atom stereocenters. The van der Waals surface area contributed by atoms with Crippen molar-refractivity contribution >= 4 is 11.5 Å². The van der Waals surface area contributed by atoms with Gasteiger partial charge in [0.25, 0.3) is 0 Å². The molecule has 1 aliphatic rings. The number of rotatable bonds is 2. The van der Waals surface area contributed by atoms with E-state index >= 15 is 0 Å². The first kappa shape index (κ1) is 12.2. The van der Waals surface area contributed by atoms with Crippen LogP contribution in [-0.4, -0.2) is 18.1 Å². The van der Waals surface area contributed by atoms with Gasteiger partial charge in [-0.15, -0.1) is 0 Å². The molecule has 1 aliphatic heterocycles. The molecule has 0 spiro atoms. The van der Waals surface area contributed by atoms with Crippen LogP contribution in [0.25, 0.3) is 0 Å². The Bertz CT molecular complexity index is 376. The molecule has 3 nitrogen and oxygen atoms in total. The smallest absolute Gasteiger partial charge is 0.128 e. The third-order valence-electron chi connectivity index (χ3n) is 3.86. The number of hydrogen-bond donors (Lipinski definition) is 1. The number of nitrogens with two attached hydrogens (primary N) is 1. The molecule has 2 rings (SSSR count). The van der Waals surface area contributed by atoms with Crippen molar-refractivity contribution in [2.45, 2.75) is 39.5 Å². The Labute approximate surface area is 104 Å². The van der Waals surface area contributed by atoms with Crippen molar-refractivity contribution in [3.8, 4) is 0 Å². The van der Waals surface area contributed by atoms with Crippen LogP contribution < -0.4 is 10.6 Å². The Hall–Kier alpha value is -1.25. The van der Waals surface area contributed by atoms with Crippen molar-refractivity contribution in [3.05, 3.63) is 17.8 Å². The molecular formula is C14H23N3. The Morgan fingerprint density at radius 2 is 2.18 bits per heavy atom. The summed E-state index contributed by atoms with van der Waals surface area (Å²) in [6.07, 6.45) is 5.24. The predicted molar refractivity (Wildman–Crippen MR) is 73.2 cm³/mol. The number of aryl methyl sites for hydroxylation is 1. The lowest BCUT2D eigenvalue weighted by Crippen LogP contribution is -2.25. The van der Waals surface area contributed by atoms with E-state index in [0.29, 0.717) is 0 Å². The van der Waals surface area contributed by atoms with Gasteiger partial charge in [0.15, 0.2) is 0 Å². The van der Waals surface area contributed by atoms with E-state index in [1.54, 1.807) is 0 Å². The van der Waals surface area contributed by atoms with Gasteiger partial charge < -0.3 is 10.6 Å². The molecule has 0 amide bonds. The van der Waals surface area contributed by atoms with Crippen molar-refractivity contribution in [1.82, 2.24) is 4.98 Å². The van der Waals surface area contributed by atoms with E-state index in [4.69, 9.17) is 5.73 Å². The first-order valence-electron chi connectivity index (χ1n) is 6.68. The normalized spacial score (nSPS) is 21.3. The maximum atomic E-state index is 5.81. The minimum atomic E-state index is 0.787. The monoisotopic (exact) mass is 233 g/mol. The molecule has 1 saturated heterocycles. The van der Waals surface area contributed by atoms with E-state index in [-0.39, 0.29) is 0 Å². The summed E-state index contributed by atoms with van der Waals surface area (Å²) in [7, 11) is 0. The topological polar surface area (TPSA) is 42.1 Å². The lowest BCUT2D eigenvalue weighted by Gasteiger charge is -2.22. The van der Waals surface area contributed by atoms with E-state index < -0.39 is 0 Å². The molecule has 3 heteroatoms. The van der Waals surface area contributed by atoms with Crippen molar-refractivity contribution in [1.29, 1.82) is 0 Å². The summed E-state index contributed by atoms with van der Waals surface area (Å²) in [5.41, 5.74) is 7.54. The van der Waals surface area contributed by atoms with E-state index in [9.17, 15) is 0 Å². The average Bonchev–Trinajstić information content (AvgIpc) is 2.58. The highest BCUT2D eigenvalue weighted by Crippen LogP contribution is 2.24. The second kappa shape index (κ2) is 5.39. The van der Waals surface area contributed by atoms with E-state index in [2.05, 4.69) is 22.9 Å². The first-order chi connectivity index (χ1) is 8.20. The van der Waals surface area contributed by atoms with Gasteiger partial charge in [-0.1, -0.05) is 13.3 Å². The number of nitrogens with zero attached hydrogens (tertiary/aromatic N) is 2. The SMILES string of the molecule is CCC1CCCN(c2ccc(N)c(C)n2)CC1. The van der Waals surface area contributed by atoms with Crippen molar-refractivity contribution in [2.24, 2.45) is 5.92 Å². The number of aromatic nitrogens is 1. The zero-order chi connectivity index (χ0) is 12.3. The third kappa shape index (κ3) is 2.90. The van der Waals surface area contributed by atoms with Crippen LogP contribution in [-0.2, 0) is 0 Å². The Balaban J connectivity index is 2.08. The summed E-state index contributed by atoms with van der Waals surface area (Å²) in [5, 5.41) is 0. The molecule has 0 saturated carbocycles. The maximum Gasteiger partial charge on any atom is 0.128 e. The summed E-state index contributed by atoms with van der Waals surface area (Å²) in [6.45, 7) is 6.54. The van der Waals surface area contributed by atoms with Crippen LogP contribution in [0.4, 0.5) is 11.5 Å². The number of hydrogen-bond acceptors (Lipinski definition) is 3. The number of anilines is 2. The van der Waals surface area contributed by atoms with Gasteiger partial charge in [0.1, 0.15) is 5.82 Å². The highest BCUT2D eigenvalue weighted by atomic mass is 15.2. The van der Waals surface area contributed by atoms with Gasteiger partial charge in [-0.25, -0.2) is 4.98 Å². The molecule has 2 heterocycles. The van der Waals surface area contributed by atoms with Gasteiger partial charge >= 0.3 is 0 Å². The number of nitrogen functional groups attached to an aromatic ring is 1. The molecule has 1 unspecified atom stereocenters. The minimum absolute atomic E-state index is 0.787. The second-order valence-corrected chi connectivity index (χ2v) is 5.04. The van der Waals surface area contributed by atoms with E-state index in [0.717, 1.165) is 36.2 Å². The lowest BCUT2D eigenvalue weighted by molar-refractivity contribution is 0.459. The second-order valence-electron chi connectivity index (χ2n) is 5.04. The Morgan fingerprint density at radius 1 is 1.35 bits per heavy atom. The van der Waals surface area contributed by atoms with Gasteiger partial charge in [-0.2, -0.15) is 0 Å². The molecule has 2 N–H and O–H groups in total. The van der Waals surface area contributed by atoms with Crippen LogP contribution in [0.5, 0.6) is 0 Å². The predicted octanol–water partition coefficient (Wildman–Crippen LogP) is 2.99. The van der Waals surface area contributed by atoms with Gasteiger partial charge in [-0.05, 0) is 44.2 Å². The maximum absolute atomic E-state index is 5.81. The van der Waals surface area contributed by atoms with Crippen molar-refractivity contribution < 1.29 is 0 Å². The van der Waals surface area contributed by atoms with Gasteiger partial charge in [0.05, 0.1) is 11.4 Å². The molecule has 0 radical (unpaired) electrons. The van der Waals surface area contributed by atoms with E-state index in [1.807, 2.05) is 13.0 Å². The molecule has 1 aromatic heterocycles. The molecule has 1 aromatic rings. The van der Waals surface area contributed by atoms with Crippen LogP contribution in [0.1, 0.15) is 38.3 Å². The summed E-state index contributed by atoms with van der Waals surface area (Å²) >= 11 is 0. The van der Waals surface area contributed by atoms with Crippen LogP contribution >= 0.6 is 0 Å². The molecule has 0 bridgehead atoms. The van der Waals surface area contributed by atoms with Crippen molar-refractivity contribution in [2.75, 3.05) is 23.7 Å². The van der Waals surface area contributed by atoms with E-state index in [1.165, 1.54) is 25.7 Å². The summed E-state index contributed by atoms with van der Waals surface area (Å²) < 4.78 is 0. The zero-order valence-electron chi connectivity index (χ0n) is 10.9. The van der Waals surface area contributed by atoms with Crippen LogP contribution in [0, 0.1) is 12.8 Å². The molecule has 0 aromatic carbocycles. The molecule has 0 aliphatic carbocycles. The fraction of sp³-hybridized carbons (Fsp3) is 0.643. The quantitative estimate of drug-likeness (QED) is 0.854. The van der Waals surface area contributed by atoms with Gasteiger partial charge in [0, 0.05) is 13.1 Å². The molecule has 1 fully saturated rings. The zero-order valence-corrected chi connectivity index (χ0v) is 10.9. The van der Waals surface area contributed by atoms with Gasteiger partial charge in [-0.3, -0.25) is 0 Å². The standard InChI is InChI=1S/C14H23N3/c1-3-12-5-4-9-17(10-8-12)14-7-6-13(15)11(2)16-14/h6-7,12H,3-5,8-10,15H2,1-2H3. The average molecular weight is 233 g/mol. The van der Waals surface area contributed by atoms with Crippen LogP contribution in [0.15, 0.2) is 12.1 Å². The minimum Gasteiger partial charge on any atom is -0.397 e. The van der Waals surface area contributed by atoms with Crippen molar-refractivity contribution in [3.63, 3.8) is 0 Å². The Morgan fingerprint density at radius 3 is 2.88 bits per heavy atom. The fourth-order valence-corrected chi connectivity index (χ4v) is 2.54. The molecule has 17 heavy (non-hydrogen) atoms. The largest absolute Gasteiger partial charge is 0.397 e. The lowest BCUT2D eigenvalue weighted by atomic mass is 9.98. The summed E-state index contributed by atoms with van der Waals surface area (Å²) in [4.78, 5) is 6.99. The highest BCUT2D eigenvalue weighted by Gasteiger charge is 2.16. The number of pyridine rings is 1. The Kier molecular flexibility index (Phi) is 3.87. The van der Waals surface area contributed by atoms with Crippen LogP contribution in [0.3, 0.4) is 0 Å². The van der Waals surface area contributed by atoms with Gasteiger partial charge in [0.2, 0.25) is 0 Å². The molecular weight excluding hydrogens is 210 g/mol. The first-order valence-corrected chi connectivity index (χ1v) is 6.68.